The van der Waals surface area contributed by atoms with Crippen molar-refractivity contribution in [1.29, 1.82) is 0 Å². The predicted octanol–water partition coefficient (Wildman–Crippen LogP) is 4.70. The zero-order valence-corrected chi connectivity index (χ0v) is 16.9. The topological polar surface area (TPSA) is 55.6 Å². The number of ether oxygens (including phenoxy) is 1. The minimum Gasteiger partial charge on any atom is -0.469 e. The number of esters is 1. The summed E-state index contributed by atoms with van der Waals surface area (Å²) in [6, 6.07) is 18.6. The van der Waals surface area contributed by atoms with Gasteiger partial charge in [0.05, 0.1) is 18.7 Å². The number of rotatable bonds is 5. The van der Waals surface area contributed by atoms with Crippen LogP contribution in [0, 0.1) is 12.8 Å². The van der Waals surface area contributed by atoms with Crippen molar-refractivity contribution in [3.63, 3.8) is 0 Å². The van der Waals surface area contributed by atoms with Crippen LogP contribution in [0.1, 0.15) is 24.3 Å². The third-order valence-corrected chi connectivity index (χ3v) is 5.63. The Morgan fingerprint density at radius 3 is 2.31 bits per heavy atom. The maximum atomic E-state index is 11.7. The van der Waals surface area contributed by atoms with Gasteiger partial charge in [0.2, 0.25) is 5.89 Å². The third kappa shape index (κ3) is 4.40. The molecule has 1 saturated heterocycles. The second kappa shape index (κ2) is 8.62. The van der Waals surface area contributed by atoms with Gasteiger partial charge in [-0.3, -0.25) is 9.69 Å². The molecule has 2 heterocycles. The van der Waals surface area contributed by atoms with Crippen LogP contribution in [0.4, 0.5) is 0 Å². The molecule has 0 amide bonds. The lowest BCUT2D eigenvalue weighted by molar-refractivity contribution is -0.147. The maximum Gasteiger partial charge on any atom is 0.308 e. The fourth-order valence-corrected chi connectivity index (χ4v) is 3.84. The number of hydrogen-bond acceptors (Lipinski definition) is 5. The average Bonchev–Trinajstić information content (AvgIpc) is 3.14. The molecule has 0 radical (unpaired) electrons. The molecule has 150 valence electrons. The van der Waals surface area contributed by atoms with Crippen LogP contribution in [0.15, 0.2) is 59.0 Å². The number of likely N-dealkylation sites (tertiary alicyclic amines) is 1. The number of carbonyl (C=O) groups excluding carboxylic acids is 1. The quantitative estimate of drug-likeness (QED) is 0.591. The van der Waals surface area contributed by atoms with E-state index < -0.39 is 0 Å². The van der Waals surface area contributed by atoms with Gasteiger partial charge in [0.15, 0.2) is 0 Å². The third-order valence-electron chi connectivity index (χ3n) is 5.63. The summed E-state index contributed by atoms with van der Waals surface area (Å²) in [5, 5.41) is 0. The summed E-state index contributed by atoms with van der Waals surface area (Å²) in [5.41, 5.74) is 4.30. The summed E-state index contributed by atoms with van der Waals surface area (Å²) in [6.07, 6.45) is 1.66. The first kappa shape index (κ1) is 19.4. The van der Waals surface area contributed by atoms with Crippen molar-refractivity contribution in [2.45, 2.75) is 26.3 Å². The maximum absolute atomic E-state index is 11.7. The van der Waals surface area contributed by atoms with Crippen LogP contribution in [0.2, 0.25) is 0 Å². The van der Waals surface area contributed by atoms with Crippen LogP contribution in [0.3, 0.4) is 0 Å². The van der Waals surface area contributed by atoms with Gasteiger partial charge in [0.25, 0.3) is 0 Å². The molecule has 0 N–H and O–H groups in total. The van der Waals surface area contributed by atoms with Crippen molar-refractivity contribution < 1.29 is 13.9 Å². The van der Waals surface area contributed by atoms with Crippen molar-refractivity contribution in [2.75, 3.05) is 20.2 Å². The second-order valence-corrected chi connectivity index (χ2v) is 7.54. The fourth-order valence-electron chi connectivity index (χ4n) is 3.84. The Hall–Kier alpha value is -2.92. The SMILES string of the molecule is COC(=O)C1CCN(Cc2nc(-c3ccc(-c4ccccc4)cc3)oc2C)CC1. The average molecular weight is 390 g/mol. The molecule has 0 atom stereocenters. The van der Waals surface area contributed by atoms with E-state index in [0.29, 0.717) is 5.89 Å². The molecule has 1 fully saturated rings. The molecule has 0 aliphatic carbocycles. The monoisotopic (exact) mass is 390 g/mol. The molecule has 0 unspecified atom stereocenters. The van der Waals surface area contributed by atoms with Crippen molar-refractivity contribution >= 4 is 5.97 Å². The Bertz CT molecular complexity index is 956. The smallest absolute Gasteiger partial charge is 0.308 e. The number of carbonyl (C=O) groups is 1. The van der Waals surface area contributed by atoms with Crippen LogP contribution in [-0.2, 0) is 16.1 Å². The molecular formula is C24H26N2O3. The zero-order chi connectivity index (χ0) is 20.2. The van der Waals surface area contributed by atoms with E-state index in [0.717, 1.165) is 49.5 Å². The first-order valence-corrected chi connectivity index (χ1v) is 10.1. The Morgan fingerprint density at radius 1 is 1.03 bits per heavy atom. The molecule has 5 nitrogen and oxygen atoms in total. The number of aryl methyl sites for hydroxylation is 1. The standard InChI is InChI=1S/C24H26N2O3/c1-17-22(16-26-14-12-21(13-15-26)24(27)28-2)25-23(29-17)20-10-8-19(9-11-20)18-6-4-3-5-7-18/h3-11,21H,12-16H2,1-2H3. The largest absolute Gasteiger partial charge is 0.469 e. The van der Waals surface area contributed by atoms with E-state index in [1.54, 1.807) is 0 Å². The van der Waals surface area contributed by atoms with E-state index in [1.165, 1.54) is 18.2 Å². The molecule has 4 rings (SSSR count). The normalized spacial score (nSPS) is 15.4. The number of benzene rings is 2. The molecule has 5 heteroatoms. The van der Waals surface area contributed by atoms with Crippen molar-refractivity contribution in [1.82, 2.24) is 9.88 Å². The van der Waals surface area contributed by atoms with E-state index in [4.69, 9.17) is 14.1 Å². The summed E-state index contributed by atoms with van der Waals surface area (Å²) in [6.45, 7) is 4.44. The van der Waals surface area contributed by atoms with Gasteiger partial charge in [-0.15, -0.1) is 0 Å². The van der Waals surface area contributed by atoms with Crippen LogP contribution >= 0.6 is 0 Å². The van der Waals surface area contributed by atoms with Gasteiger partial charge in [0, 0.05) is 12.1 Å². The number of oxazole rings is 1. The van der Waals surface area contributed by atoms with Gasteiger partial charge in [-0.05, 0) is 56.1 Å². The Kier molecular flexibility index (Phi) is 5.76. The Labute approximate surface area is 171 Å². The van der Waals surface area contributed by atoms with E-state index in [9.17, 15) is 4.79 Å². The fraction of sp³-hybridized carbons (Fsp3) is 0.333. The summed E-state index contributed by atoms with van der Waals surface area (Å²) >= 11 is 0. The van der Waals surface area contributed by atoms with Crippen molar-refractivity contribution in [2.24, 2.45) is 5.92 Å². The summed E-state index contributed by atoms with van der Waals surface area (Å²) in [5.74, 6) is 1.43. The molecule has 0 bridgehead atoms. The highest BCUT2D eigenvalue weighted by atomic mass is 16.5. The molecular weight excluding hydrogens is 364 g/mol. The van der Waals surface area contributed by atoms with Crippen LogP contribution < -0.4 is 0 Å². The van der Waals surface area contributed by atoms with E-state index in [2.05, 4.69) is 41.3 Å². The first-order chi connectivity index (χ1) is 14.1. The minimum atomic E-state index is -0.0940. The molecule has 0 spiro atoms. The van der Waals surface area contributed by atoms with Gasteiger partial charge < -0.3 is 9.15 Å². The van der Waals surface area contributed by atoms with E-state index in [-0.39, 0.29) is 11.9 Å². The van der Waals surface area contributed by atoms with Crippen LogP contribution in [-0.4, -0.2) is 36.1 Å². The highest BCUT2D eigenvalue weighted by Crippen LogP contribution is 2.27. The molecule has 29 heavy (non-hydrogen) atoms. The summed E-state index contributed by atoms with van der Waals surface area (Å²) < 4.78 is 10.8. The summed E-state index contributed by atoms with van der Waals surface area (Å²) in [7, 11) is 1.46. The lowest BCUT2D eigenvalue weighted by Crippen LogP contribution is -2.36. The van der Waals surface area contributed by atoms with E-state index in [1.807, 2.05) is 25.1 Å². The number of piperidine rings is 1. The van der Waals surface area contributed by atoms with Gasteiger partial charge in [-0.25, -0.2) is 4.98 Å². The lowest BCUT2D eigenvalue weighted by Gasteiger charge is -2.29. The number of methoxy groups -OCH3 is 1. The molecule has 2 aromatic carbocycles. The van der Waals surface area contributed by atoms with Gasteiger partial charge in [-0.1, -0.05) is 42.5 Å². The number of nitrogens with zero attached hydrogens (tertiary/aromatic N) is 2. The van der Waals surface area contributed by atoms with Crippen LogP contribution in [0.5, 0.6) is 0 Å². The highest BCUT2D eigenvalue weighted by molar-refractivity contribution is 5.72. The second-order valence-electron chi connectivity index (χ2n) is 7.54. The van der Waals surface area contributed by atoms with Crippen molar-refractivity contribution in [3.8, 4) is 22.6 Å². The molecule has 1 aliphatic rings. The minimum absolute atomic E-state index is 0.0216. The highest BCUT2D eigenvalue weighted by Gasteiger charge is 2.26. The van der Waals surface area contributed by atoms with Gasteiger partial charge in [0.1, 0.15) is 5.76 Å². The number of hydrogen-bond donors (Lipinski definition) is 0. The van der Waals surface area contributed by atoms with Crippen molar-refractivity contribution in [3.05, 3.63) is 66.1 Å². The summed E-state index contributed by atoms with van der Waals surface area (Å²) in [4.78, 5) is 18.8. The molecule has 0 saturated carbocycles. The molecule has 1 aliphatic heterocycles. The van der Waals surface area contributed by atoms with Crippen LogP contribution in [0.25, 0.3) is 22.6 Å². The van der Waals surface area contributed by atoms with Gasteiger partial charge in [-0.2, -0.15) is 0 Å². The first-order valence-electron chi connectivity index (χ1n) is 10.1. The van der Waals surface area contributed by atoms with E-state index >= 15 is 0 Å². The Balaban J connectivity index is 1.42. The lowest BCUT2D eigenvalue weighted by atomic mass is 9.97. The van der Waals surface area contributed by atoms with Gasteiger partial charge >= 0.3 is 5.97 Å². The zero-order valence-electron chi connectivity index (χ0n) is 16.9. The molecule has 1 aromatic heterocycles. The Morgan fingerprint density at radius 2 is 1.66 bits per heavy atom. The predicted molar refractivity (Wildman–Crippen MR) is 112 cm³/mol. The number of aromatic nitrogens is 1. The molecule has 3 aromatic rings.